The molecular formula is C88H61N20+5. The molecule has 0 N–H and O–H groups in total. The second kappa shape index (κ2) is 25.8. The highest BCUT2D eigenvalue weighted by Crippen LogP contribution is 2.42. The summed E-state index contributed by atoms with van der Waals surface area (Å²) >= 11 is 0. The highest BCUT2D eigenvalue weighted by atomic mass is 15.5. The lowest BCUT2D eigenvalue weighted by atomic mass is 10.0. The molecule has 0 unspecified atom stereocenters. The zero-order valence-electron chi connectivity index (χ0n) is 60.1. The first kappa shape index (κ1) is 67.0. The number of aryl methyl sites for hydroxylation is 8. The van der Waals surface area contributed by atoms with Gasteiger partial charge in [-0.3, -0.25) is 0 Å². The van der Waals surface area contributed by atoms with Gasteiger partial charge in [0.25, 0.3) is 0 Å². The van der Waals surface area contributed by atoms with Gasteiger partial charge in [0.1, 0.15) is 56.0 Å². The summed E-state index contributed by atoms with van der Waals surface area (Å²) < 4.78 is 21.2. The summed E-state index contributed by atoms with van der Waals surface area (Å²) in [6.45, 7) is 94.0. The van der Waals surface area contributed by atoms with Crippen LogP contribution in [0.4, 0.5) is 56.9 Å². The van der Waals surface area contributed by atoms with E-state index in [1.807, 2.05) is 61.3 Å². The molecule has 508 valence electrons. The first-order valence-electron chi connectivity index (χ1n) is 34.5. The van der Waals surface area contributed by atoms with Crippen LogP contribution >= 0.6 is 0 Å². The summed E-state index contributed by atoms with van der Waals surface area (Å²) in [5.74, 6) is 0. The maximum Gasteiger partial charge on any atom is 0.207 e. The molecule has 20 nitrogen and oxygen atoms in total. The van der Waals surface area contributed by atoms with Crippen LogP contribution in [-0.4, -0.2) is 23.4 Å². The second-order valence-electron chi connectivity index (χ2n) is 27.8. The van der Waals surface area contributed by atoms with Crippen molar-refractivity contribution >= 4 is 111 Å². The molecule has 0 atom stereocenters. The van der Waals surface area contributed by atoms with E-state index in [0.29, 0.717) is 56.9 Å². The van der Waals surface area contributed by atoms with Crippen LogP contribution in [0.15, 0.2) is 164 Å². The van der Waals surface area contributed by atoms with Crippen LogP contribution in [-0.2, 0) is 32.7 Å². The topological polar surface area (TPSA) is 87.7 Å². The Kier molecular flexibility index (Phi) is 16.0. The second-order valence-corrected chi connectivity index (χ2v) is 27.8. The average Bonchev–Trinajstić information content (AvgIpc) is 1.61. The van der Waals surface area contributed by atoms with Crippen molar-refractivity contribution in [2.24, 2.45) is 0 Å². The van der Waals surface area contributed by atoms with Crippen LogP contribution < -0.4 is 23.4 Å². The highest BCUT2D eigenvalue weighted by molar-refractivity contribution is 5.99. The van der Waals surface area contributed by atoms with Gasteiger partial charge in [0, 0.05) is 49.2 Å². The Morgan fingerprint density at radius 2 is 0.611 bits per heavy atom. The Morgan fingerprint density at radius 3 is 1.06 bits per heavy atom. The number of rotatable bonds is 0. The minimum Gasteiger partial charge on any atom is -0.239 e. The molecule has 0 bridgehead atoms. The van der Waals surface area contributed by atoms with Crippen LogP contribution in [0, 0.1) is 121 Å². The van der Waals surface area contributed by atoms with Gasteiger partial charge in [-0.25, -0.2) is 48.5 Å². The molecule has 15 aromatic rings. The molecule has 0 spiro atoms. The van der Waals surface area contributed by atoms with Gasteiger partial charge >= 0.3 is 0 Å². The summed E-state index contributed by atoms with van der Waals surface area (Å²) in [6, 6.07) is 43.5. The average molecular weight is 1400 g/mol. The Labute approximate surface area is 622 Å². The lowest BCUT2D eigenvalue weighted by Crippen LogP contribution is -2.36. The van der Waals surface area contributed by atoms with E-state index >= 15 is 0 Å². The molecule has 0 radical (unpaired) electrons. The molecule has 5 aliphatic heterocycles. The van der Waals surface area contributed by atoms with Crippen LogP contribution in [0.2, 0.25) is 0 Å². The van der Waals surface area contributed by atoms with Crippen molar-refractivity contribution in [3.05, 3.63) is 351 Å². The lowest BCUT2D eigenvalue weighted by Gasteiger charge is -2.05. The Bertz CT molecular complexity index is 7080. The van der Waals surface area contributed by atoms with Crippen molar-refractivity contribution in [1.82, 2.24) is 23.4 Å². The van der Waals surface area contributed by atoms with E-state index in [9.17, 15) is 0 Å². The van der Waals surface area contributed by atoms with Crippen molar-refractivity contribution in [2.75, 3.05) is 0 Å². The van der Waals surface area contributed by atoms with E-state index in [-0.39, 0.29) is 0 Å². The quantitative estimate of drug-likeness (QED) is 0.107. The summed E-state index contributed by atoms with van der Waals surface area (Å²) in [7, 11) is 0. The third-order valence-corrected chi connectivity index (χ3v) is 20.7. The molecule has 20 rings (SSSR count). The van der Waals surface area contributed by atoms with Gasteiger partial charge < -0.3 is 0 Å². The van der Waals surface area contributed by atoms with E-state index in [1.54, 1.807) is 30.3 Å². The third-order valence-electron chi connectivity index (χ3n) is 20.7. The molecule has 0 saturated heterocycles. The molecule has 5 aromatic heterocycles. The van der Waals surface area contributed by atoms with Crippen LogP contribution in [0.1, 0.15) is 72.3 Å². The number of benzene rings is 10. The van der Waals surface area contributed by atoms with Gasteiger partial charge in [0.05, 0.1) is 71.3 Å². The highest BCUT2D eigenvalue weighted by Gasteiger charge is 2.36. The summed E-state index contributed by atoms with van der Waals surface area (Å²) in [5, 5.41) is 4.74. The van der Waals surface area contributed by atoms with E-state index in [1.165, 1.54) is 78.0 Å². The molecule has 0 fully saturated rings. The first-order chi connectivity index (χ1) is 52.3. The van der Waals surface area contributed by atoms with Crippen molar-refractivity contribution in [3.63, 3.8) is 0 Å². The number of fused-ring (bicyclic) bond motifs is 25. The molecule has 5 aliphatic rings. The minimum atomic E-state index is 0.516. The van der Waals surface area contributed by atoms with Crippen LogP contribution in [0.25, 0.3) is 131 Å². The van der Waals surface area contributed by atoms with Gasteiger partial charge in [-0.15, -0.1) is 46.8 Å². The van der Waals surface area contributed by atoms with E-state index in [4.69, 9.17) is 65.7 Å². The number of hydrogen-bond acceptors (Lipinski definition) is 0. The predicted molar refractivity (Wildman–Crippen MR) is 413 cm³/mol. The summed E-state index contributed by atoms with van der Waals surface area (Å²) in [5.41, 5.74) is 31.8. The molecule has 10 heterocycles. The lowest BCUT2D eigenvalue weighted by molar-refractivity contribution is -0.749. The molecule has 10 aromatic carbocycles. The van der Waals surface area contributed by atoms with E-state index < -0.39 is 0 Å². The van der Waals surface area contributed by atoms with E-state index in [2.05, 4.69) is 223 Å². The Morgan fingerprint density at radius 1 is 0.259 bits per heavy atom. The van der Waals surface area contributed by atoms with Gasteiger partial charge in [-0.2, -0.15) is 0 Å². The largest absolute Gasteiger partial charge is 0.239 e. The van der Waals surface area contributed by atoms with Crippen molar-refractivity contribution in [1.29, 1.82) is 0 Å². The van der Waals surface area contributed by atoms with E-state index in [0.717, 1.165) is 110 Å². The SMILES string of the molecule is [C-]#[N+]c1cc([N+]#[C-])c2c(c1)c[n+]1n2-c2c(C)cc(C)cc2C1.[C-]#[N+]c1cc([N+]#[C-])c2c(c1)c[n+]1n2-c2c(C)cccc2C1.[C-]#[N+]c1cc([N+]#[C-])c2c(c1)c[n+]1n2-c2cc(C)c(C)cc2C1.[C-]#[N+]c1cc([N+]#[C-])c2c(c1)c[n+]1n2-c2cc(C)cc(C)c2C1.[C-]#[N+]c1cc([N+]#[C-])c2c(c1)c[n+]1n2-c2ccc(C)cc2C1. The summed E-state index contributed by atoms with van der Waals surface area (Å²) in [6.07, 6.45) is 10.1. The van der Waals surface area contributed by atoms with Crippen LogP contribution in [0.5, 0.6) is 0 Å². The molecule has 0 amide bonds. The minimum absolute atomic E-state index is 0.516. The Balaban J connectivity index is 0.000000103. The standard InChI is InChI=1S/3C18H13N4.2C17H11N4/c1-11-5-13-9-21-10-14-7-15(19-3)8-16(20-4)18(14)22(21)17(13)6-12(11)2;1-11-5-12(2)15-10-21-9-13-7-14(19-3)8-16(20-4)18(13)22(21)17(15)6-11;1-11-5-12(2)17-13(6-11)9-21-10-14-7-15(19-3)8-16(20-4)18(14)22(17)21;1-11-4-5-16-12(6-11)9-20-10-13-7-14(18-2)8-15(19-3)17(13)21(16)20;1-11-5-4-6-12-9-20-10-13-7-14(18-2)8-15(19-3)17(13)21(20)16(11)12/h5-8,10H,9H2,1-2H3;5-9H,10H2,1-2H3;5-8,10H,9H2,1-2H3;2*4-8,10H,9H2,1H3/q5*+1. The van der Waals surface area contributed by atoms with Crippen molar-refractivity contribution < 1.29 is 23.4 Å². The number of nitrogens with zero attached hydrogens (tertiary/aromatic N) is 20. The smallest absolute Gasteiger partial charge is 0.207 e. The van der Waals surface area contributed by atoms with Gasteiger partial charge in [-0.1, -0.05) is 47.5 Å². The molecular weight excluding hydrogens is 1340 g/mol. The molecule has 108 heavy (non-hydrogen) atoms. The van der Waals surface area contributed by atoms with Crippen LogP contribution in [0.3, 0.4) is 0 Å². The van der Waals surface area contributed by atoms with Crippen molar-refractivity contribution in [3.8, 4) is 28.4 Å². The zero-order chi connectivity index (χ0) is 75.4. The zero-order valence-corrected chi connectivity index (χ0v) is 60.1. The Hall–Kier alpha value is -15.6. The maximum atomic E-state index is 7.47. The molecule has 20 heteroatoms. The number of para-hydroxylation sites is 1. The number of aromatic nitrogens is 10. The molecule has 0 aliphatic carbocycles. The third kappa shape index (κ3) is 10.8. The fourth-order valence-electron chi connectivity index (χ4n) is 16.2. The van der Waals surface area contributed by atoms with Gasteiger partial charge in [-0.05, 0) is 186 Å². The fourth-order valence-corrected chi connectivity index (χ4v) is 16.2. The molecule has 0 saturated carbocycles. The normalized spacial score (nSPS) is 11.8. The van der Waals surface area contributed by atoms with Crippen molar-refractivity contribution in [2.45, 2.75) is 88.1 Å². The first-order valence-corrected chi connectivity index (χ1v) is 34.5. The summed E-state index contributed by atoms with van der Waals surface area (Å²) in [4.78, 5) is 35.5. The van der Waals surface area contributed by atoms with Gasteiger partial charge in [0.2, 0.25) is 59.4 Å². The maximum absolute atomic E-state index is 7.47. The predicted octanol–water partition coefficient (Wildman–Crippen LogP) is 19.4. The fraction of sp³-hybridized carbons (Fsp3) is 0.148. The monoisotopic (exact) mass is 1400 g/mol. The van der Waals surface area contributed by atoms with Gasteiger partial charge in [0.15, 0.2) is 61.2 Å². The number of hydrogen-bond donors (Lipinski definition) is 0.